The van der Waals surface area contributed by atoms with E-state index in [9.17, 15) is 5.26 Å². The molecule has 4 bridgehead atoms. The van der Waals surface area contributed by atoms with Crippen LogP contribution in [-0.2, 0) is 21.7 Å². The SMILES string of the molecule is CC(C)(C)c1ccc(-c2nc(-c3ccc(C(C)(C)C)cc3)nc(-c3ccc(C45CC6CC(CC(c7ccc(-c8cccc(C#N)c8)cc7)(C6)C4)C5)cc3)n2)cc1. The first-order chi connectivity index (χ1) is 26.8. The van der Waals surface area contributed by atoms with E-state index in [0.717, 1.165) is 34.1 Å². The minimum atomic E-state index is 0.0673. The largest absolute Gasteiger partial charge is 0.208 e. The van der Waals surface area contributed by atoms with Crippen molar-refractivity contribution in [2.45, 2.75) is 102 Å². The van der Waals surface area contributed by atoms with Crippen molar-refractivity contribution in [3.8, 4) is 51.4 Å². The quantitative estimate of drug-likeness (QED) is 0.171. The fourth-order valence-electron chi connectivity index (χ4n) is 10.7. The zero-order valence-corrected chi connectivity index (χ0v) is 33.7. The highest BCUT2D eigenvalue weighted by molar-refractivity contribution is 5.68. The van der Waals surface area contributed by atoms with Crippen LogP contribution in [0.15, 0.2) is 121 Å². The van der Waals surface area contributed by atoms with Crippen molar-refractivity contribution in [2.24, 2.45) is 11.8 Å². The monoisotopic (exact) mass is 732 g/mol. The van der Waals surface area contributed by atoms with Crippen LogP contribution in [0.5, 0.6) is 0 Å². The van der Waals surface area contributed by atoms with Crippen LogP contribution >= 0.6 is 0 Å². The van der Waals surface area contributed by atoms with Gasteiger partial charge in [-0.2, -0.15) is 5.26 Å². The molecular weight excluding hydrogens is 681 g/mol. The molecule has 0 spiro atoms. The van der Waals surface area contributed by atoms with E-state index in [1.807, 2.05) is 18.2 Å². The van der Waals surface area contributed by atoms with Gasteiger partial charge in [-0.3, -0.25) is 0 Å². The van der Waals surface area contributed by atoms with Crippen LogP contribution in [0.1, 0.15) is 108 Å². The van der Waals surface area contributed by atoms with Crippen LogP contribution in [0, 0.1) is 23.2 Å². The predicted octanol–water partition coefficient (Wildman–Crippen LogP) is 12.8. The Balaban J connectivity index is 1.04. The third-order valence-corrected chi connectivity index (χ3v) is 13.3. The second-order valence-corrected chi connectivity index (χ2v) is 19.3. The number of nitriles is 1. The molecule has 10 rings (SSSR count). The molecule has 5 aromatic carbocycles. The molecule has 4 nitrogen and oxygen atoms in total. The molecule has 1 aromatic heterocycles. The lowest BCUT2D eigenvalue weighted by atomic mass is 9.41. The van der Waals surface area contributed by atoms with Gasteiger partial charge in [-0.05, 0) is 118 Å². The first-order valence-electron chi connectivity index (χ1n) is 20.5. The second-order valence-electron chi connectivity index (χ2n) is 19.3. The molecule has 0 radical (unpaired) electrons. The fourth-order valence-corrected chi connectivity index (χ4v) is 10.7. The zero-order valence-electron chi connectivity index (χ0n) is 33.7. The van der Waals surface area contributed by atoms with Crippen molar-refractivity contribution in [1.29, 1.82) is 5.26 Å². The summed E-state index contributed by atoms with van der Waals surface area (Å²) in [7, 11) is 0. The average Bonchev–Trinajstić information content (AvgIpc) is 3.20. The Hall–Kier alpha value is -5.40. The maximum Gasteiger partial charge on any atom is 0.164 e. The summed E-state index contributed by atoms with van der Waals surface area (Å²) >= 11 is 0. The van der Waals surface area contributed by atoms with Crippen molar-refractivity contribution < 1.29 is 0 Å². The summed E-state index contributed by atoms with van der Waals surface area (Å²) < 4.78 is 0. The Labute approximate surface area is 333 Å². The molecule has 280 valence electrons. The normalized spacial score (nSPS) is 22.9. The molecule has 0 N–H and O–H groups in total. The lowest BCUT2D eigenvalue weighted by Crippen LogP contribution is -2.55. The smallest absolute Gasteiger partial charge is 0.164 e. The van der Waals surface area contributed by atoms with E-state index >= 15 is 0 Å². The second kappa shape index (κ2) is 13.4. The van der Waals surface area contributed by atoms with Crippen molar-refractivity contribution in [1.82, 2.24) is 15.0 Å². The number of benzene rings is 5. The molecule has 56 heavy (non-hydrogen) atoms. The lowest BCUT2D eigenvalue weighted by Gasteiger charge is -2.63. The van der Waals surface area contributed by atoms with E-state index in [1.54, 1.807) is 0 Å². The Bertz CT molecular complexity index is 2350. The van der Waals surface area contributed by atoms with Gasteiger partial charge in [0.15, 0.2) is 17.5 Å². The summed E-state index contributed by atoms with van der Waals surface area (Å²) in [4.78, 5) is 15.3. The number of hydrogen-bond donors (Lipinski definition) is 0. The highest BCUT2D eigenvalue weighted by Gasteiger charge is 2.58. The van der Waals surface area contributed by atoms with E-state index < -0.39 is 0 Å². The average molecular weight is 733 g/mol. The molecule has 2 atom stereocenters. The van der Waals surface area contributed by atoms with Crippen LogP contribution in [-0.4, -0.2) is 15.0 Å². The molecule has 0 saturated heterocycles. The van der Waals surface area contributed by atoms with Crippen LogP contribution in [0.25, 0.3) is 45.3 Å². The summed E-state index contributed by atoms with van der Waals surface area (Å²) in [5.74, 6) is 3.61. The lowest BCUT2D eigenvalue weighted by molar-refractivity contribution is -0.0281. The molecule has 4 fully saturated rings. The van der Waals surface area contributed by atoms with Crippen LogP contribution < -0.4 is 0 Å². The third kappa shape index (κ3) is 6.66. The number of hydrogen-bond acceptors (Lipinski definition) is 4. The summed E-state index contributed by atoms with van der Waals surface area (Å²) in [5, 5.41) is 9.45. The molecule has 0 amide bonds. The highest BCUT2D eigenvalue weighted by atomic mass is 15.0. The Kier molecular flexibility index (Phi) is 8.66. The molecule has 4 aliphatic carbocycles. The van der Waals surface area contributed by atoms with Crippen molar-refractivity contribution in [2.75, 3.05) is 0 Å². The first-order valence-corrected chi connectivity index (χ1v) is 20.5. The Morgan fingerprint density at radius 1 is 0.500 bits per heavy atom. The van der Waals surface area contributed by atoms with Gasteiger partial charge < -0.3 is 0 Å². The molecule has 4 saturated carbocycles. The van der Waals surface area contributed by atoms with Gasteiger partial charge in [0.2, 0.25) is 0 Å². The Morgan fingerprint density at radius 3 is 1.29 bits per heavy atom. The Morgan fingerprint density at radius 2 is 0.893 bits per heavy atom. The summed E-state index contributed by atoms with van der Waals surface area (Å²) in [6.45, 7) is 13.5. The van der Waals surface area contributed by atoms with Gasteiger partial charge in [0.1, 0.15) is 0 Å². The van der Waals surface area contributed by atoms with Crippen molar-refractivity contribution in [3.63, 3.8) is 0 Å². The minimum Gasteiger partial charge on any atom is -0.208 e. The third-order valence-electron chi connectivity index (χ3n) is 13.3. The van der Waals surface area contributed by atoms with E-state index in [0.29, 0.717) is 23.0 Å². The molecule has 1 heterocycles. The van der Waals surface area contributed by atoms with Crippen LogP contribution in [0.4, 0.5) is 0 Å². The number of aromatic nitrogens is 3. The van der Waals surface area contributed by atoms with Gasteiger partial charge in [0, 0.05) is 16.7 Å². The molecular formula is C52H52N4. The maximum absolute atomic E-state index is 9.45. The molecule has 4 heteroatoms. The molecule has 2 unspecified atom stereocenters. The summed E-state index contributed by atoms with van der Waals surface area (Å²) in [6.07, 6.45) is 7.69. The summed E-state index contributed by atoms with van der Waals surface area (Å²) in [5.41, 5.74) is 12.0. The number of rotatable bonds is 6. The highest BCUT2D eigenvalue weighted by Crippen LogP contribution is 2.66. The van der Waals surface area contributed by atoms with Crippen LogP contribution in [0.2, 0.25) is 0 Å². The maximum atomic E-state index is 9.45. The van der Waals surface area contributed by atoms with Crippen molar-refractivity contribution >= 4 is 0 Å². The minimum absolute atomic E-state index is 0.0673. The van der Waals surface area contributed by atoms with Gasteiger partial charge in [0.05, 0.1) is 11.6 Å². The predicted molar refractivity (Wildman–Crippen MR) is 228 cm³/mol. The van der Waals surface area contributed by atoms with Crippen LogP contribution in [0.3, 0.4) is 0 Å². The molecule has 0 aliphatic heterocycles. The van der Waals surface area contributed by atoms with Crippen molar-refractivity contribution in [3.05, 3.63) is 149 Å². The van der Waals surface area contributed by atoms with Gasteiger partial charge in [-0.1, -0.05) is 151 Å². The fraction of sp³-hybridized carbons (Fsp3) is 0.346. The van der Waals surface area contributed by atoms with Gasteiger partial charge in [-0.25, -0.2) is 15.0 Å². The van der Waals surface area contributed by atoms with Gasteiger partial charge >= 0.3 is 0 Å². The molecule has 4 aliphatic rings. The summed E-state index contributed by atoms with van der Waals surface area (Å²) in [6, 6.07) is 46.3. The standard InChI is InChI=1S/C52H52N4/c1-49(2,3)42-18-12-38(13-19-42)46-54-47(39-14-20-43(21-15-39)50(4,5)6)56-48(55-46)40-16-24-45(25-17-40)52-30-35-26-36(31-52)29-51(28-35,33-52)44-22-10-37(11-23-44)41-9-7-8-34(27-41)32-53/h7-25,27,35-36H,26,28-31,33H2,1-6H3. The zero-order chi connectivity index (χ0) is 38.9. The van der Waals surface area contributed by atoms with Gasteiger partial charge in [0.25, 0.3) is 0 Å². The molecule has 6 aromatic rings. The topological polar surface area (TPSA) is 62.5 Å². The van der Waals surface area contributed by atoms with E-state index in [-0.39, 0.29) is 21.7 Å². The number of nitrogens with zero attached hydrogens (tertiary/aromatic N) is 4. The van der Waals surface area contributed by atoms with Gasteiger partial charge in [-0.15, -0.1) is 0 Å². The first kappa shape index (κ1) is 36.3. The van der Waals surface area contributed by atoms with E-state index in [1.165, 1.54) is 66.3 Å². The van der Waals surface area contributed by atoms with E-state index in [4.69, 9.17) is 15.0 Å². The van der Waals surface area contributed by atoms with E-state index in [2.05, 4.69) is 151 Å².